The van der Waals surface area contributed by atoms with E-state index >= 15 is 0 Å². The van der Waals surface area contributed by atoms with Gasteiger partial charge in [0.2, 0.25) is 0 Å². The van der Waals surface area contributed by atoms with Crippen molar-refractivity contribution in [1.29, 1.82) is 0 Å². The minimum Gasteiger partial charge on any atom is -0.469 e. The number of carbonyl (C=O) groups excluding carboxylic acids is 2. The molecule has 1 aromatic carbocycles. The highest BCUT2D eigenvalue weighted by molar-refractivity contribution is 14.1. The predicted molar refractivity (Wildman–Crippen MR) is 82.4 cm³/mol. The summed E-state index contributed by atoms with van der Waals surface area (Å²) in [4.78, 5) is 22.7. The smallest absolute Gasteiger partial charge is 0.305 e. The van der Waals surface area contributed by atoms with Crippen LogP contribution in [0.4, 0.5) is 0 Å². The number of benzene rings is 1. The second kappa shape index (κ2) is 8.37. The molecule has 0 atom stereocenters. The van der Waals surface area contributed by atoms with E-state index in [2.05, 4.69) is 32.6 Å². The quantitative estimate of drug-likeness (QED) is 0.458. The highest BCUT2D eigenvalue weighted by atomic mass is 127. The average molecular weight is 396 g/mol. The maximum Gasteiger partial charge on any atom is 0.305 e. The number of nitrogens with one attached hydrogen (secondary N) is 1. The molecule has 0 fully saturated rings. The Bertz CT molecular complexity index is 465. The molecule has 0 aromatic heterocycles. The molecule has 0 aliphatic carbocycles. The van der Waals surface area contributed by atoms with E-state index in [9.17, 15) is 9.59 Å². The van der Waals surface area contributed by atoms with Gasteiger partial charge in [0.1, 0.15) is 0 Å². The Balaban J connectivity index is 2.31. The zero-order valence-electron chi connectivity index (χ0n) is 10.5. The lowest BCUT2D eigenvalue weighted by molar-refractivity contribution is -0.140. The molecule has 0 aliphatic heterocycles. The maximum absolute atomic E-state index is 11.8. The Morgan fingerprint density at radius 2 is 2.11 bits per heavy atom. The van der Waals surface area contributed by atoms with E-state index in [1.807, 2.05) is 0 Å². The van der Waals surface area contributed by atoms with Crippen LogP contribution >= 0.6 is 34.2 Å². The molecule has 0 saturated heterocycles. The van der Waals surface area contributed by atoms with Crippen molar-refractivity contribution in [2.24, 2.45) is 0 Å². The van der Waals surface area contributed by atoms with Gasteiger partial charge in [0.05, 0.1) is 12.1 Å². The van der Waals surface area contributed by atoms with Gasteiger partial charge in [0.25, 0.3) is 5.91 Å². The zero-order chi connectivity index (χ0) is 14.3. The van der Waals surface area contributed by atoms with Crippen LogP contribution in [0.3, 0.4) is 0 Å². The topological polar surface area (TPSA) is 55.4 Å². The average Bonchev–Trinajstić information content (AvgIpc) is 2.40. The van der Waals surface area contributed by atoms with Crippen LogP contribution in [0.2, 0.25) is 5.02 Å². The van der Waals surface area contributed by atoms with Gasteiger partial charge in [-0.3, -0.25) is 9.59 Å². The van der Waals surface area contributed by atoms with Crippen molar-refractivity contribution >= 4 is 46.1 Å². The van der Waals surface area contributed by atoms with E-state index in [0.717, 1.165) is 9.99 Å². The maximum atomic E-state index is 11.8. The Kier molecular flexibility index (Phi) is 7.15. The normalized spacial score (nSPS) is 10.1. The third kappa shape index (κ3) is 5.78. The zero-order valence-corrected chi connectivity index (χ0v) is 13.5. The molecule has 0 saturated carbocycles. The molecule has 0 spiro atoms. The fraction of sp³-hybridized carbons (Fsp3) is 0.385. The van der Waals surface area contributed by atoms with Crippen molar-refractivity contribution in [1.82, 2.24) is 5.32 Å². The summed E-state index contributed by atoms with van der Waals surface area (Å²) in [5.74, 6) is -0.355. The number of rotatable bonds is 6. The van der Waals surface area contributed by atoms with Crippen LogP contribution < -0.4 is 5.32 Å². The number of unbranched alkanes of at least 4 members (excludes halogenated alkanes) is 1. The number of hydrogen-bond donors (Lipinski definition) is 1. The first-order valence-corrected chi connectivity index (χ1v) is 7.30. The molecule has 1 N–H and O–H groups in total. The van der Waals surface area contributed by atoms with Crippen LogP contribution in [-0.2, 0) is 9.53 Å². The summed E-state index contributed by atoms with van der Waals surface area (Å²) < 4.78 is 5.38. The van der Waals surface area contributed by atoms with Gasteiger partial charge in [-0.1, -0.05) is 11.6 Å². The molecule has 104 valence electrons. The van der Waals surface area contributed by atoms with Crippen LogP contribution in [0, 0.1) is 3.57 Å². The Morgan fingerprint density at radius 3 is 2.74 bits per heavy atom. The van der Waals surface area contributed by atoms with Crippen molar-refractivity contribution in [3.63, 3.8) is 0 Å². The van der Waals surface area contributed by atoms with Gasteiger partial charge >= 0.3 is 5.97 Å². The predicted octanol–water partition coefficient (Wildman–Crippen LogP) is 3.02. The highest BCUT2D eigenvalue weighted by Gasteiger charge is 2.07. The van der Waals surface area contributed by atoms with Crippen LogP contribution in [0.1, 0.15) is 29.6 Å². The number of carbonyl (C=O) groups is 2. The number of ether oxygens (including phenoxy) is 1. The van der Waals surface area contributed by atoms with E-state index in [1.54, 1.807) is 18.2 Å². The molecule has 6 heteroatoms. The third-order valence-electron chi connectivity index (χ3n) is 2.50. The highest BCUT2D eigenvalue weighted by Crippen LogP contribution is 2.19. The van der Waals surface area contributed by atoms with Crippen LogP contribution in [0.15, 0.2) is 18.2 Å². The molecule has 4 nitrogen and oxygen atoms in total. The largest absolute Gasteiger partial charge is 0.469 e. The number of halogens is 2. The fourth-order valence-corrected chi connectivity index (χ4v) is 2.07. The van der Waals surface area contributed by atoms with E-state index in [1.165, 1.54) is 7.11 Å². The SMILES string of the molecule is COC(=O)CCCCNC(=O)c1ccc(Cl)c(I)c1. The third-order valence-corrected chi connectivity index (χ3v) is 4.04. The number of methoxy groups -OCH3 is 1. The lowest BCUT2D eigenvalue weighted by Crippen LogP contribution is -2.24. The lowest BCUT2D eigenvalue weighted by atomic mass is 10.2. The molecule has 0 unspecified atom stereocenters. The van der Waals surface area contributed by atoms with Crippen LogP contribution in [0.5, 0.6) is 0 Å². The lowest BCUT2D eigenvalue weighted by Gasteiger charge is -2.06. The summed E-state index contributed by atoms with van der Waals surface area (Å²) in [7, 11) is 1.37. The van der Waals surface area contributed by atoms with Crippen LogP contribution in [-0.4, -0.2) is 25.5 Å². The summed E-state index contributed by atoms with van der Waals surface area (Å²) >= 11 is 7.97. The number of amides is 1. The second-order valence-electron chi connectivity index (χ2n) is 3.92. The molecule has 0 bridgehead atoms. The number of esters is 1. The van der Waals surface area contributed by atoms with Crippen molar-refractivity contribution in [2.75, 3.05) is 13.7 Å². The molecule has 0 radical (unpaired) electrons. The molecule has 0 heterocycles. The molecule has 1 rings (SSSR count). The Hall–Kier alpha value is -0.820. The van der Waals surface area contributed by atoms with Crippen molar-refractivity contribution < 1.29 is 14.3 Å². The van der Waals surface area contributed by atoms with E-state index in [-0.39, 0.29) is 11.9 Å². The summed E-state index contributed by atoms with van der Waals surface area (Å²) in [5, 5.41) is 3.43. The van der Waals surface area contributed by atoms with Crippen molar-refractivity contribution in [2.45, 2.75) is 19.3 Å². The van der Waals surface area contributed by atoms with Gasteiger partial charge in [0.15, 0.2) is 0 Å². The first-order valence-electron chi connectivity index (χ1n) is 5.84. The van der Waals surface area contributed by atoms with Gasteiger partial charge in [-0.15, -0.1) is 0 Å². The minimum atomic E-state index is -0.224. The van der Waals surface area contributed by atoms with Crippen molar-refractivity contribution in [3.05, 3.63) is 32.4 Å². The van der Waals surface area contributed by atoms with Gasteiger partial charge in [0, 0.05) is 22.1 Å². The van der Waals surface area contributed by atoms with Crippen LogP contribution in [0.25, 0.3) is 0 Å². The molecule has 1 aromatic rings. The van der Waals surface area contributed by atoms with E-state index in [4.69, 9.17) is 11.6 Å². The van der Waals surface area contributed by atoms with Gasteiger partial charge in [-0.25, -0.2) is 0 Å². The molecule has 1 amide bonds. The molecule has 0 aliphatic rings. The van der Waals surface area contributed by atoms with Crippen molar-refractivity contribution in [3.8, 4) is 0 Å². The van der Waals surface area contributed by atoms with Gasteiger partial charge < -0.3 is 10.1 Å². The number of hydrogen-bond acceptors (Lipinski definition) is 3. The summed E-state index contributed by atoms with van der Waals surface area (Å²) in [5.41, 5.74) is 0.585. The standard InChI is InChI=1S/C13H15ClINO3/c1-19-12(17)4-2-3-7-16-13(18)9-5-6-10(14)11(15)8-9/h5-6,8H,2-4,7H2,1H3,(H,16,18). The first-order chi connectivity index (χ1) is 9.04. The van der Waals surface area contributed by atoms with Gasteiger partial charge in [-0.05, 0) is 53.6 Å². The summed E-state index contributed by atoms with van der Waals surface area (Å²) in [6, 6.07) is 5.14. The first kappa shape index (κ1) is 16.2. The minimum absolute atomic E-state index is 0.132. The molecular weight excluding hydrogens is 381 g/mol. The second-order valence-corrected chi connectivity index (χ2v) is 5.49. The Labute approximate surface area is 131 Å². The summed E-state index contributed by atoms with van der Waals surface area (Å²) in [6.45, 7) is 0.537. The Morgan fingerprint density at radius 1 is 1.37 bits per heavy atom. The van der Waals surface area contributed by atoms with E-state index < -0.39 is 0 Å². The summed E-state index contributed by atoms with van der Waals surface area (Å²) in [6.07, 6.45) is 1.82. The molecular formula is C13H15ClINO3. The monoisotopic (exact) mass is 395 g/mol. The van der Waals surface area contributed by atoms with E-state index in [0.29, 0.717) is 30.0 Å². The fourth-order valence-electron chi connectivity index (χ4n) is 1.44. The van der Waals surface area contributed by atoms with Gasteiger partial charge in [-0.2, -0.15) is 0 Å². The molecule has 19 heavy (non-hydrogen) atoms.